The lowest BCUT2D eigenvalue weighted by Crippen LogP contribution is -2.27. The van der Waals surface area contributed by atoms with Crippen LogP contribution in [0.3, 0.4) is 0 Å². The molecular weight excluding hydrogens is 352 g/mol. The number of thiocarbonyl (C=S) groups is 1. The summed E-state index contributed by atoms with van der Waals surface area (Å²) in [4.78, 5) is 12.5. The van der Waals surface area contributed by atoms with E-state index in [2.05, 4.69) is 10.6 Å². The van der Waals surface area contributed by atoms with Gasteiger partial charge in [0.15, 0.2) is 4.99 Å². The van der Waals surface area contributed by atoms with Crippen LogP contribution < -0.4 is 10.6 Å². The van der Waals surface area contributed by atoms with Crippen molar-refractivity contribution in [2.24, 2.45) is 0 Å². The van der Waals surface area contributed by atoms with Gasteiger partial charge in [0.05, 0.1) is 0 Å². The van der Waals surface area contributed by atoms with Crippen LogP contribution in [-0.2, 0) is 4.79 Å². The van der Waals surface area contributed by atoms with E-state index >= 15 is 0 Å². The highest BCUT2D eigenvalue weighted by Crippen LogP contribution is 2.27. The van der Waals surface area contributed by atoms with E-state index in [1.54, 1.807) is 24.3 Å². The van der Waals surface area contributed by atoms with Gasteiger partial charge in [-0.15, -0.1) is 0 Å². The molecule has 0 atom stereocenters. The molecule has 3 aromatic rings. The first-order valence-electron chi connectivity index (χ1n) is 7.66. The Labute approximate surface area is 156 Å². The van der Waals surface area contributed by atoms with Crippen molar-refractivity contribution in [3.63, 3.8) is 0 Å². The smallest absolute Gasteiger partial charge is 0.283 e. The van der Waals surface area contributed by atoms with Crippen LogP contribution in [0, 0.1) is 0 Å². The Morgan fingerprint density at radius 2 is 1.44 bits per heavy atom. The van der Waals surface area contributed by atoms with Gasteiger partial charge in [-0.1, -0.05) is 72.3 Å². The molecule has 0 aliphatic heterocycles. The fourth-order valence-electron chi connectivity index (χ4n) is 2.36. The van der Waals surface area contributed by atoms with Crippen molar-refractivity contribution >= 4 is 46.1 Å². The Hall–Kier alpha value is -2.69. The maximum Gasteiger partial charge on any atom is 0.283 e. The van der Waals surface area contributed by atoms with Crippen LogP contribution in [0.1, 0.15) is 0 Å². The van der Waals surface area contributed by atoms with Gasteiger partial charge in [0.2, 0.25) is 0 Å². The highest BCUT2D eigenvalue weighted by Gasteiger charge is 2.12. The number of halogens is 1. The zero-order valence-electron chi connectivity index (χ0n) is 13.2. The van der Waals surface area contributed by atoms with Crippen LogP contribution in [0.4, 0.5) is 11.4 Å². The molecule has 0 heterocycles. The van der Waals surface area contributed by atoms with Gasteiger partial charge in [0.25, 0.3) is 5.91 Å². The van der Waals surface area contributed by atoms with Crippen molar-refractivity contribution in [1.29, 1.82) is 0 Å². The molecule has 124 valence electrons. The molecule has 0 bridgehead atoms. The maximum atomic E-state index is 12.4. The molecule has 2 N–H and O–H groups in total. The number of para-hydroxylation sites is 1. The molecular formula is C20H15ClN2OS. The molecule has 25 heavy (non-hydrogen) atoms. The Bertz CT molecular complexity index is 895. The topological polar surface area (TPSA) is 41.1 Å². The Morgan fingerprint density at radius 1 is 0.800 bits per heavy atom. The number of rotatable bonds is 3. The Balaban J connectivity index is 1.75. The van der Waals surface area contributed by atoms with Crippen molar-refractivity contribution < 1.29 is 4.79 Å². The van der Waals surface area contributed by atoms with Crippen molar-refractivity contribution in [2.75, 3.05) is 10.6 Å². The molecule has 0 fully saturated rings. The molecule has 3 aromatic carbocycles. The highest BCUT2D eigenvalue weighted by atomic mass is 35.5. The number of carbonyl (C=O) groups is 1. The van der Waals surface area contributed by atoms with Crippen LogP contribution in [0.15, 0.2) is 78.9 Å². The molecule has 0 radical (unpaired) electrons. The minimum Gasteiger partial charge on any atom is -0.342 e. The molecule has 3 rings (SSSR count). The zero-order valence-corrected chi connectivity index (χ0v) is 14.8. The summed E-state index contributed by atoms with van der Waals surface area (Å²) in [6.07, 6.45) is 0. The second kappa shape index (κ2) is 7.92. The van der Waals surface area contributed by atoms with Crippen LogP contribution in [0.5, 0.6) is 0 Å². The summed E-state index contributed by atoms with van der Waals surface area (Å²) in [5, 5.41) is 6.40. The lowest BCUT2D eigenvalue weighted by Gasteiger charge is -2.12. The second-order valence-corrected chi connectivity index (χ2v) is 6.17. The van der Waals surface area contributed by atoms with E-state index in [4.69, 9.17) is 23.8 Å². The van der Waals surface area contributed by atoms with E-state index < -0.39 is 0 Å². The first kappa shape index (κ1) is 17.1. The third kappa shape index (κ3) is 4.44. The van der Waals surface area contributed by atoms with Crippen LogP contribution >= 0.6 is 23.8 Å². The Kier molecular flexibility index (Phi) is 5.43. The van der Waals surface area contributed by atoms with Gasteiger partial charge in [-0.3, -0.25) is 4.79 Å². The lowest BCUT2D eigenvalue weighted by atomic mass is 10.0. The van der Waals surface area contributed by atoms with Crippen molar-refractivity contribution in [1.82, 2.24) is 0 Å². The highest BCUT2D eigenvalue weighted by molar-refractivity contribution is 7.82. The maximum absolute atomic E-state index is 12.4. The number of benzene rings is 3. The van der Waals surface area contributed by atoms with Crippen LogP contribution in [0.2, 0.25) is 5.02 Å². The molecule has 0 aliphatic carbocycles. The van der Waals surface area contributed by atoms with Crippen molar-refractivity contribution in [3.05, 3.63) is 83.9 Å². The predicted octanol–water partition coefficient (Wildman–Crippen LogP) is 5.39. The SMILES string of the molecule is O=C(Nc1ccccc1-c1ccccc1)C(=S)Nc1ccc(Cl)cc1. The number of carbonyl (C=O) groups excluding carboxylic acids is 1. The van der Waals surface area contributed by atoms with Gasteiger partial charge in [0.1, 0.15) is 0 Å². The summed E-state index contributed by atoms with van der Waals surface area (Å²) < 4.78 is 0. The molecule has 0 spiro atoms. The first-order valence-corrected chi connectivity index (χ1v) is 8.44. The summed E-state index contributed by atoms with van der Waals surface area (Å²) in [6, 6.07) is 24.5. The first-order chi connectivity index (χ1) is 12.1. The quantitative estimate of drug-likeness (QED) is 0.611. The van der Waals surface area contributed by atoms with Gasteiger partial charge >= 0.3 is 0 Å². The third-order valence-corrected chi connectivity index (χ3v) is 4.11. The average molecular weight is 367 g/mol. The number of anilines is 2. The third-order valence-electron chi connectivity index (χ3n) is 3.57. The summed E-state index contributed by atoms with van der Waals surface area (Å²) in [6.45, 7) is 0. The molecule has 5 heteroatoms. The average Bonchev–Trinajstić information content (AvgIpc) is 2.64. The molecule has 0 saturated carbocycles. The number of nitrogens with one attached hydrogen (secondary N) is 2. The van der Waals surface area contributed by atoms with E-state index in [1.807, 2.05) is 54.6 Å². The van der Waals surface area contributed by atoms with E-state index in [1.165, 1.54) is 0 Å². The van der Waals surface area contributed by atoms with Gasteiger partial charge in [-0.2, -0.15) is 0 Å². The van der Waals surface area contributed by atoms with E-state index in [0.29, 0.717) is 16.4 Å². The molecule has 0 saturated heterocycles. The zero-order chi connectivity index (χ0) is 17.6. The van der Waals surface area contributed by atoms with Gasteiger partial charge in [-0.25, -0.2) is 0 Å². The van der Waals surface area contributed by atoms with E-state index in [-0.39, 0.29) is 10.9 Å². The predicted molar refractivity (Wildman–Crippen MR) is 108 cm³/mol. The summed E-state index contributed by atoms with van der Waals surface area (Å²) in [5.74, 6) is -0.367. The number of hydrogen-bond acceptors (Lipinski definition) is 2. The van der Waals surface area contributed by atoms with Gasteiger partial charge in [0, 0.05) is 22.0 Å². The summed E-state index contributed by atoms with van der Waals surface area (Å²) in [5.41, 5.74) is 3.38. The van der Waals surface area contributed by atoms with Crippen molar-refractivity contribution in [3.8, 4) is 11.1 Å². The Morgan fingerprint density at radius 3 is 2.16 bits per heavy atom. The lowest BCUT2D eigenvalue weighted by molar-refractivity contribution is -0.110. The fourth-order valence-corrected chi connectivity index (χ4v) is 2.66. The summed E-state index contributed by atoms with van der Waals surface area (Å²) >= 11 is 11.0. The molecule has 0 aliphatic rings. The molecule has 0 aromatic heterocycles. The molecule has 0 unspecified atom stereocenters. The molecule has 1 amide bonds. The van der Waals surface area contributed by atoms with E-state index in [9.17, 15) is 4.79 Å². The van der Waals surface area contributed by atoms with Gasteiger partial charge in [-0.05, 0) is 35.9 Å². The minimum absolute atomic E-state index is 0.0881. The van der Waals surface area contributed by atoms with E-state index in [0.717, 1.165) is 11.1 Å². The summed E-state index contributed by atoms with van der Waals surface area (Å²) in [7, 11) is 0. The van der Waals surface area contributed by atoms with Gasteiger partial charge < -0.3 is 10.6 Å². The normalized spacial score (nSPS) is 10.1. The second-order valence-electron chi connectivity index (χ2n) is 5.33. The van der Waals surface area contributed by atoms with Crippen LogP contribution in [0.25, 0.3) is 11.1 Å². The number of amides is 1. The molecule has 3 nitrogen and oxygen atoms in total. The van der Waals surface area contributed by atoms with Crippen molar-refractivity contribution in [2.45, 2.75) is 0 Å². The van der Waals surface area contributed by atoms with Crippen LogP contribution in [-0.4, -0.2) is 10.9 Å². The minimum atomic E-state index is -0.367. The number of hydrogen-bond donors (Lipinski definition) is 2. The standard InChI is InChI=1S/C20H15ClN2OS/c21-15-10-12-16(13-11-15)22-20(25)19(24)23-18-9-5-4-8-17(18)14-6-2-1-3-7-14/h1-13H,(H,22,25)(H,23,24). The monoisotopic (exact) mass is 366 g/mol. The largest absolute Gasteiger partial charge is 0.342 e. The fraction of sp³-hybridized carbons (Fsp3) is 0.